The highest BCUT2D eigenvalue weighted by Crippen LogP contribution is 1.95. The van der Waals surface area contributed by atoms with Gasteiger partial charge in [-0.15, -0.1) is 0 Å². The van der Waals surface area contributed by atoms with Gasteiger partial charge >= 0.3 is 11.9 Å². The minimum absolute atomic E-state index is 0.681. The first-order valence-corrected chi connectivity index (χ1v) is 4.68. The summed E-state index contributed by atoms with van der Waals surface area (Å²) in [4.78, 5) is 22.4. The van der Waals surface area contributed by atoms with E-state index in [1.165, 1.54) is 0 Å². The number of carboxylic acid groups (broad SMARTS) is 2. The fourth-order valence-corrected chi connectivity index (χ4v) is 0.856. The lowest BCUT2D eigenvalue weighted by atomic mass is 10.3. The first-order chi connectivity index (χ1) is 7.51. The lowest BCUT2D eigenvalue weighted by Gasteiger charge is -1.90. The molecule has 0 amide bonds. The van der Waals surface area contributed by atoms with Gasteiger partial charge in [-0.1, -0.05) is 0 Å². The molecule has 0 spiro atoms. The molecule has 1 heterocycles. The van der Waals surface area contributed by atoms with Crippen molar-refractivity contribution in [3.63, 3.8) is 0 Å². The van der Waals surface area contributed by atoms with Crippen LogP contribution in [0.1, 0.15) is 12.6 Å². The minimum Gasteiger partial charge on any atom is -0.473 e. The molecule has 0 bridgehead atoms. The third-order valence-corrected chi connectivity index (χ3v) is 1.64. The van der Waals surface area contributed by atoms with Crippen molar-refractivity contribution in [1.29, 1.82) is 0 Å². The fraction of sp³-hybridized carbons (Fsp3) is 0.444. The second-order valence-electron chi connectivity index (χ2n) is 2.84. The smallest absolute Gasteiger partial charge is 0.414 e. The molecule has 1 rings (SSSR count). The Morgan fingerprint density at radius 2 is 2.00 bits per heavy atom. The average Bonchev–Trinajstić information content (AvgIpc) is 2.67. The molecular weight excluding hydrogens is 214 g/mol. The SMILES string of the molecule is CCn1cnc(CCN)c1.O=C(O)C(=O)O. The van der Waals surface area contributed by atoms with Crippen LogP contribution in [0.4, 0.5) is 0 Å². The highest BCUT2D eigenvalue weighted by Gasteiger charge is 2.04. The summed E-state index contributed by atoms with van der Waals surface area (Å²) in [7, 11) is 0. The number of aliphatic carboxylic acids is 2. The third kappa shape index (κ3) is 5.76. The normalized spacial score (nSPS) is 9.12. The molecule has 0 aromatic carbocycles. The molecule has 0 atom stereocenters. The highest BCUT2D eigenvalue weighted by molar-refractivity contribution is 6.27. The molecule has 4 N–H and O–H groups in total. The third-order valence-electron chi connectivity index (χ3n) is 1.64. The zero-order valence-electron chi connectivity index (χ0n) is 8.96. The number of carboxylic acids is 2. The van der Waals surface area contributed by atoms with Crippen molar-refractivity contribution >= 4 is 11.9 Å². The first-order valence-electron chi connectivity index (χ1n) is 4.68. The largest absolute Gasteiger partial charge is 0.473 e. The molecule has 0 aliphatic carbocycles. The standard InChI is InChI=1S/C7H13N3.C2H2O4/c1-2-10-5-7(3-4-8)9-6-10;3-1(4)2(5)6/h5-6H,2-4,8H2,1H3;(H,3,4)(H,5,6). The van der Waals surface area contributed by atoms with Gasteiger partial charge in [-0.2, -0.15) is 0 Å². The van der Waals surface area contributed by atoms with E-state index < -0.39 is 11.9 Å². The van der Waals surface area contributed by atoms with E-state index >= 15 is 0 Å². The highest BCUT2D eigenvalue weighted by atomic mass is 16.4. The Bertz CT molecular complexity index is 336. The first kappa shape index (κ1) is 14.1. The molecule has 0 aliphatic rings. The topological polar surface area (TPSA) is 118 Å². The van der Waals surface area contributed by atoms with Crippen LogP contribution in [0.3, 0.4) is 0 Å². The molecule has 1 aromatic heterocycles. The van der Waals surface area contributed by atoms with Crippen LogP contribution in [0, 0.1) is 0 Å². The average molecular weight is 229 g/mol. The van der Waals surface area contributed by atoms with E-state index in [1.54, 1.807) is 0 Å². The molecular formula is C9H15N3O4. The maximum atomic E-state index is 9.10. The van der Waals surface area contributed by atoms with Crippen LogP contribution in [0.25, 0.3) is 0 Å². The number of aromatic nitrogens is 2. The number of nitrogens with two attached hydrogens (primary N) is 1. The summed E-state index contributed by atoms with van der Waals surface area (Å²) in [6.07, 6.45) is 4.75. The van der Waals surface area contributed by atoms with Crippen molar-refractivity contribution in [3.05, 3.63) is 18.2 Å². The second-order valence-corrected chi connectivity index (χ2v) is 2.84. The van der Waals surface area contributed by atoms with Gasteiger partial charge in [-0.3, -0.25) is 0 Å². The number of carbonyl (C=O) groups is 2. The van der Waals surface area contributed by atoms with Crippen molar-refractivity contribution in [3.8, 4) is 0 Å². The van der Waals surface area contributed by atoms with Crippen molar-refractivity contribution in [1.82, 2.24) is 9.55 Å². The van der Waals surface area contributed by atoms with E-state index in [2.05, 4.69) is 11.9 Å². The van der Waals surface area contributed by atoms with E-state index in [9.17, 15) is 0 Å². The van der Waals surface area contributed by atoms with Gasteiger partial charge in [0.2, 0.25) is 0 Å². The van der Waals surface area contributed by atoms with Crippen LogP contribution in [0.15, 0.2) is 12.5 Å². The molecule has 0 unspecified atom stereocenters. The van der Waals surface area contributed by atoms with Gasteiger partial charge in [0.25, 0.3) is 0 Å². The Morgan fingerprint density at radius 3 is 2.31 bits per heavy atom. The fourth-order valence-electron chi connectivity index (χ4n) is 0.856. The Balaban J connectivity index is 0.000000325. The predicted molar refractivity (Wildman–Crippen MR) is 55.9 cm³/mol. The molecule has 0 fully saturated rings. The maximum absolute atomic E-state index is 9.10. The van der Waals surface area contributed by atoms with E-state index in [1.807, 2.05) is 17.1 Å². The Kier molecular flexibility index (Phi) is 6.53. The zero-order valence-corrected chi connectivity index (χ0v) is 8.96. The summed E-state index contributed by atoms with van der Waals surface area (Å²) in [6.45, 7) is 3.76. The van der Waals surface area contributed by atoms with Crippen LogP contribution >= 0.6 is 0 Å². The minimum atomic E-state index is -1.82. The molecule has 7 heteroatoms. The lowest BCUT2D eigenvalue weighted by Crippen LogP contribution is -2.09. The summed E-state index contributed by atoms with van der Waals surface area (Å²) in [5.74, 6) is -3.65. The summed E-state index contributed by atoms with van der Waals surface area (Å²) < 4.78 is 2.05. The van der Waals surface area contributed by atoms with Crippen LogP contribution in [0.2, 0.25) is 0 Å². The maximum Gasteiger partial charge on any atom is 0.414 e. The molecule has 0 radical (unpaired) electrons. The van der Waals surface area contributed by atoms with E-state index in [0.29, 0.717) is 6.54 Å². The molecule has 0 saturated carbocycles. The predicted octanol–water partition coefficient (Wildman–Crippen LogP) is -0.440. The summed E-state index contributed by atoms with van der Waals surface area (Å²) >= 11 is 0. The number of aryl methyl sites for hydroxylation is 1. The molecule has 7 nitrogen and oxygen atoms in total. The van der Waals surface area contributed by atoms with E-state index in [4.69, 9.17) is 25.5 Å². The van der Waals surface area contributed by atoms with Gasteiger partial charge < -0.3 is 20.5 Å². The van der Waals surface area contributed by atoms with Crippen molar-refractivity contribution in [2.75, 3.05) is 6.54 Å². The monoisotopic (exact) mass is 229 g/mol. The second kappa shape index (κ2) is 7.41. The molecule has 0 aliphatic heterocycles. The van der Waals surface area contributed by atoms with E-state index in [-0.39, 0.29) is 0 Å². The summed E-state index contributed by atoms with van der Waals surface area (Å²) in [5, 5.41) is 14.8. The Labute approximate surface area is 92.5 Å². The van der Waals surface area contributed by atoms with E-state index in [0.717, 1.165) is 18.7 Å². The molecule has 90 valence electrons. The molecule has 1 aromatic rings. The number of hydrogen-bond donors (Lipinski definition) is 3. The molecule has 0 saturated heterocycles. The van der Waals surface area contributed by atoms with Crippen LogP contribution in [-0.2, 0) is 22.6 Å². The van der Waals surface area contributed by atoms with Crippen molar-refractivity contribution in [2.45, 2.75) is 19.9 Å². The molecule has 16 heavy (non-hydrogen) atoms. The lowest BCUT2D eigenvalue weighted by molar-refractivity contribution is -0.159. The quantitative estimate of drug-likeness (QED) is 0.604. The van der Waals surface area contributed by atoms with Gasteiger partial charge in [-0.25, -0.2) is 14.6 Å². The van der Waals surface area contributed by atoms with Gasteiger partial charge in [0.05, 0.1) is 12.0 Å². The van der Waals surface area contributed by atoms with Crippen molar-refractivity contribution < 1.29 is 19.8 Å². The number of nitrogens with zero attached hydrogens (tertiary/aromatic N) is 2. The van der Waals surface area contributed by atoms with Gasteiger partial charge in [0.15, 0.2) is 0 Å². The van der Waals surface area contributed by atoms with Crippen LogP contribution in [-0.4, -0.2) is 38.2 Å². The Morgan fingerprint density at radius 1 is 1.44 bits per heavy atom. The van der Waals surface area contributed by atoms with Crippen molar-refractivity contribution in [2.24, 2.45) is 5.73 Å². The number of rotatable bonds is 3. The summed E-state index contributed by atoms with van der Waals surface area (Å²) in [6, 6.07) is 0. The Hall–Kier alpha value is -1.89. The van der Waals surface area contributed by atoms with Gasteiger partial charge in [0.1, 0.15) is 0 Å². The summed E-state index contributed by atoms with van der Waals surface area (Å²) in [5.41, 5.74) is 6.45. The van der Waals surface area contributed by atoms with Crippen LogP contribution in [0.5, 0.6) is 0 Å². The number of imidazole rings is 1. The van der Waals surface area contributed by atoms with Gasteiger partial charge in [0, 0.05) is 19.2 Å². The number of hydrogen-bond acceptors (Lipinski definition) is 4. The van der Waals surface area contributed by atoms with Gasteiger partial charge in [-0.05, 0) is 13.5 Å². The van der Waals surface area contributed by atoms with Crippen LogP contribution < -0.4 is 5.73 Å². The zero-order chi connectivity index (χ0) is 12.6.